The van der Waals surface area contributed by atoms with E-state index in [9.17, 15) is 8.78 Å². The Balaban J connectivity index is 2.41. The molecule has 0 bridgehead atoms. The minimum Gasteiger partial charge on any atom is -0.317 e. The van der Waals surface area contributed by atoms with Crippen LogP contribution in [0.2, 0.25) is 0 Å². The van der Waals surface area contributed by atoms with Gasteiger partial charge in [-0.3, -0.25) is 0 Å². The molecule has 2 nitrogen and oxygen atoms in total. The lowest BCUT2D eigenvalue weighted by Gasteiger charge is -2.29. The fourth-order valence-electron chi connectivity index (χ4n) is 2.69. The number of alkyl halides is 2. The molecule has 96 valence electrons. The normalized spacial score (nSPS) is 27.4. The highest BCUT2D eigenvalue weighted by atomic mass is 19.3. The van der Waals surface area contributed by atoms with Crippen LogP contribution in [0.5, 0.6) is 0 Å². The summed E-state index contributed by atoms with van der Waals surface area (Å²) in [7, 11) is 3.78. The number of nitrogens with one attached hydrogen (secondary N) is 1. The maximum atomic E-state index is 12.2. The number of halogens is 2. The molecular formula is C12H24F2N2. The Morgan fingerprint density at radius 2 is 1.94 bits per heavy atom. The second-order valence-corrected chi connectivity index (χ2v) is 4.91. The fraction of sp³-hybridized carbons (Fsp3) is 1.00. The minimum atomic E-state index is -2.22. The molecule has 1 N–H and O–H groups in total. The molecule has 2 atom stereocenters. The molecule has 0 aromatic heterocycles. The van der Waals surface area contributed by atoms with E-state index in [1.165, 1.54) is 32.1 Å². The Morgan fingerprint density at radius 3 is 2.56 bits per heavy atom. The summed E-state index contributed by atoms with van der Waals surface area (Å²) >= 11 is 0. The van der Waals surface area contributed by atoms with Crippen LogP contribution in [0.4, 0.5) is 8.78 Å². The van der Waals surface area contributed by atoms with Gasteiger partial charge in [-0.15, -0.1) is 0 Å². The van der Waals surface area contributed by atoms with Gasteiger partial charge in [0.05, 0.1) is 6.54 Å². The molecule has 0 aromatic rings. The van der Waals surface area contributed by atoms with Gasteiger partial charge in [0.2, 0.25) is 0 Å². The lowest BCUT2D eigenvalue weighted by Crippen LogP contribution is -2.40. The van der Waals surface area contributed by atoms with E-state index < -0.39 is 6.43 Å². The topological polar surface area (TPSA) is 15.3 Å². The number of hydrogen-bond acceptors (Lipinski definition) is 2. The monoisotopic (exact) mass is 234 g/mol. The van der Waals surface area contributed by atoms with E-state index in [1.54, 1.807) is 11.9 Å². The Labute approximate surface area is 97.4 Å². The lowest BCUT2D eigenvalue weighted by atomic mass is 9.94. The summed E-state index contributed by atoms with van der Waals surface area (Å²) in [5.41, 5.74) is 0. The second kappa shape index (κ2) is 7.17. The molecule has 0 amide bonds. The van der Waals surface area contributed by atoms with E-state index >= 15 is 0 Å². The molecule has 1 fully saturated rings. The van der Waals surface area contributed by atoms with Gasteiger partial charge < -0.3 is 10.2 Å². The molecule has 0 aromatic carbocycles. The smallest absolute Gasteiger partial charge is 0.251 e. The van der Waals surface area contributed by atoms with Gasteiger partial charge in [0.1, 0.15) is 0 Å². The van der Waals surface area contributed by atoms with Crippen LogP contribution in [0.25, 0.3) is 0 Å². The van der Waals surface area contributed by atoms with Crippen LogP contribution in [0, 0.1) is 5.92 Å². The summed E-state index contributed by atoms with van der Waals surface area (Å²) in [5, 5.41) is 3.34. The SMILES string of the molecule is CNC1CCCCCC1CN(C)CC(F)F. The molecule has 4 heteroatoms. The van der Waals surface area contributed by atoms with Crippen molar-refractivity contribution in [2.75, 3.05) is 27.2 Å². The lowest BCUT2D eigenvalue weighted by molar-refractivity contribution is 0.0886. The van der Waals surface area contributed by atoms with Gasteiger partial charge in [0, 0.05) is 12.6 Å². The van der Waals surface area contributed by atoms with Gasteiger partial charge in [-0.25, -0.2) is 8.78 Å². The molecule has 0 aliphatic heterocycles. The molecule has 0 saturated heterocycles. The Bertz CT molecular complexity index is 188. The summed E-state index contributed by atoms with van der Waals surface area (Å²) in [6.45, 7) is 0.683. The molecule has 0 heterocycles. The van der Waals surface area contributed by atoms with E-state index in [2.05, 4.69) is 5.32 Å². The largest absolute Gasteiger partial charge is 0.317 e. The highest BCUT2D eigenvalue weighted by Gasteiger charge is 2.24. The van der Waals surface area contributed by atoms with E-state index in [4.69, 9.17) is 0 Å². The van der Waals surface area contributed by atoms with Crippen LogP contribution >= 0.6 is 0 Å². The van der Waals surface area contributed by atoms with Gasteiger partial charge in [-0.1, -0.05) is 19.3 Å². The summed E-state index contributed by atoms with van der Waals surface area (Å²) in [4.78, 5) is 1.77. The second-order valence-electron chi connectivity index (χ2n) is 4.91. The predicted molar refractivity (Wildman–Crippen MR) is 62.9 cm³/mol. The summed E-state index contributed by atoms with van der Waals surface area (Å²) in [6.07, 6.45) is 3.92. The van der Waals surface area contributed by atoms with Crippen molar-refractivity contribution < 1.29 is 8.78 Å². The average molecular weight is 234 g/mol. The zero-order chi connectivity index (χ0) is 12.0. The summed E-state index contributed by atoms with van der Waals surface area (Å²) < 4.78 is 24.5. The first-order chi connectivity index (χ1) is 7.63. The molecule has 1 aliphatic rings. The van der Waals surface area contributed by atoms with Crippen molar-refractivity contribution in [2.45, 2.75) is 44.6 Å². The summed E-state index contributed by atoms with van der Waals surface area (Å²) in [6, 6.07) is 0.502. The van der Waals surface area contributed by atoms with Crippen LogP contribution in [0.15, 0.2) is 0 Å². The fourth-order valence-corrected chi connectivity index (χ4v) is 2.69. The maximum Gasteiger partial charge on any atom is 0.251 e. The Hall–Kier alpha value is -0.220. The first kappa shape index (κ1) is 13.8. The third-order valence-electron chi connectivity index (χ3n) is 3.53. The quantitative estimate of drug-likeness (QED) is 0.735. The molecule has 0 radical (unpaired) electrons. The van der Waals surface area contributed by atoms with Gasteiger partial charge in [0.15, 0.2) is 0 Å². The highest BCUT2D eigenvalue weighted by molar-refractivity contribution is 4.80. The zero-order valence-corrected chi connectivity index (χ0v) is 10.4. The molecule has 16 heavy (non-hydrogen) atoms. The van der Waals surface area contributed by atoms with Crippen molar-refractivity contribution in [1.29, 1.82) is 0 Å². The van der Waals surface area contributed by atoms with Gasteiger partial charge in [-0.05, 0) is 32.9 Å². The van der Waals surface area contributed by atoms with Gasteiger partial charge in [-0.2, -0.15) is 0 Å². The van der Waals surface area contributed by atoms with Gasteiger partial charge >= 0.3 is 0 Å². The standard InChI is InChI=1S/C12H24F2N2/c1-15-11-7-5-3-4-6-10(11)8-16(2)9-12(13)14/h10-12,15H,3-9H2,1-2H3. The van der Waals surface area contributed by atoms with Crippen molar-refractivity contribution in [1.82, 2.24) is 10.2 Å². The van der Waals surface area contributed by atoms with Gasteiger partial charge in [0.25, 0.3) is 6.43 Å². The molecular weight excluding hydrogens is 210 g/mol. The van der Waals surface area contributed by atoms with Crippen LogP contribution in [-0.2, 0) is 0 Å². The average Bonchev–Trinajstić information content (AvgIpc) is 2.41. The highest BCUT2D eigenvalue weighted by Crippen LogP contribution is 2.24. The number of nitrogens with zero attached hydrogens (tertiary/aromatic N) is 1. The van der Waals surface area contributed by atoms with E-state index in [-0.39, 0.29) is 6.54 Å². The van der Waals surface area contributed by atoms with Crippen molar-refractivity contribution in [3.63, 3.8) is 0 Å². The first-order valence-electron chi connectivity index (χ1n) is 6.27. The van der Waals surface area contributed by atoms with E-state index in [1.807, 2.05) is 7.05 Å². The van der Waals surface area contributed by atoms with Crippen molar-refractivity contribution in [2.24, 2.45) is 5.92 Å². The van der Waals surface area contributed by atoms with Crippen LogP contribution in [0.3, 0.4) is 0 Å². The van der Waals surface area contributed by atoms with Crippen molar-refractivity contribution in [3.05, 3.63) is 0 Å². The minimum absolute atomic E-state index is 0.104. The van der Waals surface area contributed by atoms with E-state index in [0.717, 1.165) is 6.54 Å². The number of hydrogen-bond donors (Lipinski definition) is 1. The van der Waals surface area contributed by atoms with Crippen molar-refractivity contribution in [3.8, 4) is 0 Å². The molecule has 0 spiro atoms. The molecule has 1 aliphatic carbocycles. The van der Waals surface area contributed by atoms with Crippen LogP contribution in [0.1, 0.15) is 32.1 Å². The zero-order valence-electron chi connectivity index (χ0n) is 10.4. The molecule has 1 rings (SSSR count). The molecule has 2 unspecified atom stereocenters. The molecule has 1 saturated carbocycles. The van der Waals surface area contributed by atoms with E-state index in [0.29, 0.717) is 12.0 Å². The first-order valence-corrected chi connectivity index (χ1v) is 6.27. The van der Waals surface area contributed by atoms with Crippen molar-refractivity contribution >= 4 is 0 Å². The van der Waals surface area contributed by atoms with Crippen LogP contribution in [-0.4, -0.2) is 44.6 Å². The maximum absolute atomic E-state index is 12.2. The predicted octanol–water partition coefficient (Wildman–Crippen LogP) is 2.35. The number of rotatable bonds is 5. The Morgan fingerprint density at radius 1 is 1.25 bits per heavy atom. The Kier molecular flexibility index (Phi) is 6.21. The third kappa shape index (κ3) is 4.74. The summed E-state index contributed by atoms with van der Waals surface area (Å²) in [5.74, 6) is 0.524. The third-order valence-corrected chi connectivity index (χ3v) is 3.53. The van der Waals surface area contributed by atoms with Crippen LogP contribution < -0.4 is 5.32 Å².